The number of nitro benzene ring substituents is 1. The highest BCUT2D eigenvalue weighted by atomic mass is 32.2. The van der Waals surface area contributed by atoms with E-state index < -0.39 is 31.3 Å². The van der Waals surface area contributed by atoms with Crippen molar-refractivity contribution in [1.82, 2.24) is 0 Å². The molecule has 0 saturated heterocycles. The van der Waals surface area contributed by atoms with Gasteiger partial charge in [-0.05, 0) is 31.2 Å². The number of carbonyl (C=O) groups is 1. The standard InChI is InChI=1S/C15H12F2N2O5S/c1-9-8-10(6-7-12(9)19(21)22)14(20)18-11-4-2-3-5-13(11)25(23,24)15(16)17/h2-8,15H,1H3,(H,18,20). The molecule has 10 heteroatoms. The monoisotopic (exact) mass is 370 g/mol. The average Bonchev–Trinajstić information content (AvgIpc) is 2.54. The van der Waals surface area contributed by atoms with Crippen molar-refractivity contribution in [2.45, 2.75) is 17.6 Å². The van der Waals surface area contributed by atoms with Crippen molar-refractivity contribution in [3.05, 3.63) is 63.7 Å². The van der Waals surface area contributed by atoms with Crippen molar-refractivity contribution in [3.63, 3.8) is 0 Å². The highest BCUT2D eigenvalue weighted by Gasteiger charge is 2.29. The number of alkyl halides is 2. The van der Waals surface area contributed by atoms with Crippen molar-refractivity contribution < 1.29 is 26.9 Å². The van der Waals surface area contributed by atoms with Crippen molar-refractivity contribution in [3.8, 4) is 0 Å². The summed E-state index contributed by atoms with van der Waals surface area (Å²) >= 11 is 0. The minimum absolute atomic E-state index is 0.0207. The Morgan fingerprint density at radius 3 is 2.40 bits per heavy atom. The molecule has 2 aromatic rings. The Morgan fingerprint density at radius 1 is 1.20 bits per heavy atom. The topological polar surface area (TPSA) is 106 Å². The van der Waals surface area contributed by atoms with E-state index in [1.807, 2.05) is 0 Å². The van der Waals surface area contributed by atoms with Crippen LogP contribution in [0.5, 0.6) is 0 Å². The molecule has 0 saturated carbocycles. The summed E-state index contributed by atoms with van der Waals surface area (Å²) in [6.45, 7) is 1.43. The highest BCUT2D eigenvalue weighted by Crippen LogP contribution is 2.27. The second kappa shape index (κ2) is 6.93. The van der Waals surface area contributed by atoms with Gasteiger partial charge in [-0.3, -0.25) is 14.9 Å². The summed E-state index contributed by atoms with van der Waals surface area (Å²) in [5.41, 5.74) is -0.237. The number of para-hydroxylation sites is 1. The van der Waals surface area contributed by atoms with E-state index in [0.29, 0.717) is 0 Å². The van der Waals surface area contributed by atoms with E-state index in [4.69, 9.17) is 0 Å². The van der Waals surface area contributed by atoms with Gasteiger partial charge in [0.1, 0.15) is 0 Å². The number of benzene rings is 2. The molecular formula is C15H12F2N2O5S. The molecule has 1 amide bonds. The fourth-order valence-corrected chi connectivity index (χ4v) is 3.00. The first-order chi connectivity index (χ1) is 11.6. The van der Waals surface area contributed by atoms with Crippen molar-refractivity contribution >= 4 is 27.1 Å². The Kier molecular flexibility index (Phi) is 5.12. The Morgan fingerprint density at radius 2 is 1.84 bits per heavy atom. The van der Waals surface area contributed by atoms with Crippen LogP contribution in [-0.2, 0) is 9.84 Å². The highest BCUT2D eigenvalue weighted by molar-refractivity contribution is 7.91. The number of rotatable bonds is 5. The predicted octanol–water partition coefficient (Wildman–Crippen LogP) is 3.15. The van der Waals surface area contributed by atoms with Crippen LogP contribution in [0, 0.1) is 17.0 Å². The number of anilines is 1. The van der Waals surface area contributed by atoms with Crippen LogP contribution in [0.25, 0.3) is 0 Å². The summed E-state index contributed by atoms with van der Waals surface area (Å²) in [5.74, 6) is -4.41. The predicted molar refractivity (Wildman–Crippen MR) is 85.4 cm³/mol. The third kappa shape index (κ3) is 3.79. The molecule has 0 fully saturated rings. The van der Waals surface area contributed by atoms with Gasteiger partial charge in [0.2, 0.25) is 9.84 Å². The van der Waals surface area contributed by atoms with E-state index >= 15 is 0 Å². The zero-order valence-corrected chi connectivity index (χ0v) is 13.6. The van der Waals surface area contributed by atoms with Gasteiger partial charge in [-0.25, -0.2) is 8.42 Å². The molecule has 132 valence electrons. The van der Waals surface area contributed by atoms with Gasteiger partial charge in [0.25, 0.3) is 11.6 Å². The quantitative estimate of drug-likeness (QED) is 0.643. The fourth-order valence-electron chi connectivity index (χ4n) is 2.11. The number of nitro groups is 1. The molecule has 0 heterocycles. The summed E-state index contributed by atoms with van der Waals surface area (Å²) in [6, 6.07) is 8.32. The summed E-state index contributed by atoms with van der Waals surface area (Å²) < 4.78 is 48.8. The maximum atomic E-state index is 12.7. The van der Waals surface area contributed by atoms with Gasteiger partial charge >= 0.3 is 5.76 Å². The number of amides is 1. The first kappa shape index (κ1) is 18.5. The molecular weight excluding hydrogens is 358 g/mol. The van der Waals surface area contributed by atoms with Gasteiger partial charge < -0.3 is 5.32 Å². The molecule has 0 radical (unpaired) electrons. The molecule has 0 unspecified atom stereocenters. The van der Waals surface area contributed by atoms with Gasteiger partial charge in [-0.2, -0.15) is 8.78 Å². The molecule has 0 aliphatic rings. The van der Waals surface area contributed by atoms with E-state index in [1.54, 1.807) is 0 Å². The third-order valence-electron chi connectivity index (χ3n) is 3.33. The number of halogens is 2. The molecule has 0 aliphatic heterocycles. The van der Waals surface area contributed by atoms with E-state index in [0.717, 1.165) is 12.1 Å². The minimum Gasteiger partial charge on any atom is -0.321 e. The summed E-state index contributed by atoms with van der Waals surface area (Å²) in [4.78, 5) is 21.7. The molecule has 0 aliphatic carbocycles. The molecule has 1 N–H and O–H groups in total. The van der Waals surface area contributed by atoms with Crippen LogP contribution < -0.4 is 5.32 Å². The molecule has 0 aromatic heterocycles. The molecule has 25 heavy (non-hydrogen) atoms. The third-order valence-corrected chi connectivity index (χ3v) is 4.77. The Hall–Kier alpha value is -2.88. The number of hydrogen-bond donors (Lipinski definition) is 1. The van der Waals surface area contributed by atoms with E-state index in [9.17, 15) is 32.1 Å². The number of hydrogen-bond acceptors (Lipinski definition) is 5. The largest absolute Gasteiger partial charge is 0.341 e. The van der Waals surface area contributed by atoms with Crippen LogP contribution in [0.2, 0.25) is 0 Å². The molecule has 7 nitrogen and oxygen atoms in total. The maximum absolute atomic E-state index is 12.7. The second-order valence-electron chi connectivity index (χ2n) is 5.01. The van der Waals surface area contributed by atoms with Crippen LogP contribution in [0.4, 0.5) is 20.2 Å². The summed E-state index contributed by atoms with van der Waals surface area (Å²) in [6.07, 6.45) is 0. The van der Waals surface area contributed by atoms with E-state index in [1.165, 1.54) is 37.3 Å². The zero-order chi connectivity index (χ0) is 18.8. The number of aryl methyl sites for hydroxylation is 1. The van der Waals surface area contributed by atoms with E-state index in [-0.39, 0.29) is 22.5 Å². The second-order valence-corrected chi connectivity index (χ2v) is 6.90. The minimum atomic E-state index is -4.90. The molecule has 0 bridgehead atoms. The summed E-state index contributed by atoms with van der Waals surface area (Å²) in [7, 11) is -4.90. The first-order valence-electron chi connectivity index (χ1n) is 6.82. The molecule has 0 spiro atoms. The maximum Gasteiger partial charge on any atom is 0.341 e. The van der Waals surface area contributed by atoms with Crippen molar-refractivity contribution in [1.29, 1.82) is 0 Å². The normalized spacial score (nSPS) is 11.4. The van der Waals surface area contributed by atoms with Gasteiger partial charge in [0.15, 0.2) is 0 Å². The smallest absolute Gasteiger partial charge is 0.321 e. The van der Waals surface area contributed by atoms with Gasteiger partial charge in [-0.1, -0.05) is 12.1 Å². The van der Waals surface area contributed by atoms with E-state index in [2.05, 4.69) is 5.32 Å². The SMILES string of the molecule is Cc1cc(C(=O)Nc2ccccc2S(=O)(=O)C(F)F)ccc1[N+](=O)[O-]. The van der Waals surface area contributed by atoms with Crippen LogP contribution >= 0.6 is 0 Å². The summed E-state index contributed by atoms with van der Waals surface area (Å²) in [5, 5.41) is 13.0. The zero-order valence-electron chi connectivity index (χ0n) is 12.8. The van der Waals surface area contributed by atoms with Gasteiger partial charge in [0, 0.05) is 17.2 Å². The number of carbonyl (C=O) groups excluding carboxylic acids is 1. The number of sulfone groups is 1. The van der Waals surface area contributed by atoms with Crippen molar-refractivity contribution in [2.75, 3.05) is 5.32 Å². The van der Waals surface area contributed by atoms with Crippen LogP contribution in [0.15, 0.2) is 47.4 Å². The Bertz CT molecular complexity index is 945. The van der Waals surface area contributed by atoms with Crippen LogP contribution in [-0.4, -0.2) is 25.0 Å². The van der Waals surface area contributed by atoms with Crippen LogP contribution in [0.3, 0.4) is 0 Å². The number of nitrogens with zero attached hydrogens (tertiary/aromatic N) is 1. The lowest BCUT2D eigenvalue weighted by Crippen LogP contribution is -2.18. The molecule has 2 rings (SSSR count). The lowest BCUT2D eigenvalue weighted by atomic mass is 10.1. The molecule has 2 aromatic carbocycles. The molecule has 0 atom stereocenters. The average molecular weight is 370 g/mol. The first-order valence-corrected chi connectivity index (χ1v) is 8.36. The van der Waals surface area contributed by atoms with Gasteiger partial charge in [-0.15, -0.1) is 0 Å². The van der Waals surface area contributed by atoms with Crippen LogP contribution in [0.1, 0.15) is 15.9 Å². The van der Waals surface area contributed by atoms with Crippen molar-refractivity contribution in [2.24, 2.45) is 0 Å². The van der Waals surface area contributed by atoms with Gasteiger partial charge in [0.05, 0.1) is 15.5 Å². The Labute approximate surface area is 141 Å². The lowest BCUT2D eigenvalue weighted by molar-refractivity contribution is -0.385. The Balaban J connectivity index is 2.37. The lowest BCUT2D eigenvalue weighted by Gasteiger charge is -2.11. The number of nitrogens with one attached hydrogen (secondary N) is 1. The fraction of sp³-hybridized carbons (Fsp3) is 0.133.